The maximum atomic E-state index is 12.9. The highest BCUT2D eigenvalue weighted by Crippen LogP contribution is 2.37. The highest BCUT2D eigenvalue weighted by Gasteiger charge is 2.42. The lowest BCUT2D eigenvalue weighted by atomic mass is 10.1. The van der Waals surface area contributed by atoms with Crippen molar-refractivity contribution in [3.63, 3.8) is 0 Å². The molecule has 1 unspecified atom stereocenters. The molecule has 1 saturated heterocycles. The largest absolute Gasteiger partial charge is 0.434 e. The number of primary amides is 1. The van der Waals surface area contributed by atoms with Crippen LogP contribution in [0.25, 0.3) is 0 Å². The van der Waals surface area contributed by atoms with Crippen molar-refractivity contribution < 1.29 is 27.5 Å². The number of cyclic esters (lactones) is 1. The molecule has 138 valence electrons. The second-order valence-corrected chi connectivity index (χ2v) is 6.78. The first-order valence-corrected chi connectivity index (χ1v) is 8.47. The van der Waals surface area contributed by atoms with Gasteiger partial charge in [-0.05, 0) is 17.7 Å². The number of benzene rings is 1. The lowest BCUT2D eigenvalue weighted by molar-refractivity contribution is -0.140. The van der Waals surface area contributed by atoms with Crippen LogP contribution in [0, 0.1) is 0 Å². The number of ether oxygens (including phenoxy) is 1. The Bertz CT molecular complexity index is 841. The van der Waals surface area contributed by atoms with E-state index in [0.717, 1.165) is 21.6 Å². The molecule has 2 heterocycles. The zero-order chi connectivity index (χ0) is 19.1. The lowest BCUT2D eigenvalue weighted by Gasteiger charge is -2.24. The minimum absolute atomic E-state index is 0.0294. The minimum atomic E-state index is -4.61. The zero-order valence-electron chi connectivity index (χ0n) is 12.9. The van der Waals surface area contributed by atoms with Gasteiger partial charge in [-0.25, -0.2) is 9.78 Å². The van der Waals surface area contributed by atoms with Crippen LogP contribution in [0.15, 0.2) is 29.6 Å². The maximum Gasteiger partial charge on any atom is 0.434 e. The maximum absolute atomic E-state index is 12.9. The van der Waals surface area contributed by atoms with Gasteiger partial charge in [0.2, 0.25) is 0 Å². The van der Waals surface area contributed by atoms with Crippen molar-refractivity contribution in [3.8, 4) is 0 Å². The fourth-order valence-corrected chi connectivity index (χ4v) is 3.57. The summed E-state index contributed by atoms with van der Waals surface area (Å²) < 4.78 is 43.6. The smallest absolute Gasteiger partial charge is 0.434 e. The van der Waals surface area contributed by atoms with Crippen LogP contribution in [0.5, 0.6) is 0 Å². The number of nitrogens with zero attached hydrogens (tertiary/aromatic N) is 2. The Morgan fingerprint density at radius 1 is 1.38 bits per heavy atom. The quantitative estimate of drug-likeness (QED) is 0.846. The van der Waals surface area contributed by atoms with Crippen LogP contribution in [0.3, 0.4) is 0 Å². The first kappa shape index (κ1) is 18.5. The molecule has 1 aromatic heterocycles. The summed E-state index contributed by atoms with van der Waals surface area (Å²) in [6.45, 7) is -0.192. The standard InChI is InChI=1S/C15H11ClF3N3O3S/c16-8-3-1-7(2-4-8)11(13-21-10(6-26-13)15(17,18)19)22-5-9(12(20)23)25-14(22)24/h1-4,6,9,11H,5H2,(H2,20,23)/t9?,11-/m0/s1. The normalized spacial score (nSPS) is 18.7. The number of thiazole rings is 1. The molecule has 6 nitrogen and oxygen atoms in total. The van der Waals surface area contributed by atoms with Crippen molar-refractivity contribution in [2.45, 2.75) is 18.3 Å². The topological polar surface area (TPSA) is 85.5 Å². The third kappa shape index (κ3) is 3.61. The van der Waals surface area contributed by atoms with Gasteiger partial charge < -0.3 is 10.5 Å². The summed E-state index contributed by atoms with van der Waals surface area (Å²) in [6, 6.07) is 5.23. The average molecular weight is 406 g/mol. The van der Waals surface area contributed by atoms with E-state index in [1.54, 1.807) is 12.1 Å². The van der Waals surface area contributed by atoms with E-state index >= 15 is 0 Å². The van der Waals surface area contributed by atoms with E-state index in [4.69, 9.17) is 22.1 Å². The van der Waals surface area contributed by atoms with E-state index in [1.165, 1.54) is 12.1 Å². The van der Waals surface area contributed by atoms with Gasteiger partial charge in [0.1, 0.15) is 11.0 Å². The number of carbonyl (C=O) groups excluding carboxylic acids is 2. The van der Waals surface area contributed by atoms with Gasteiger partial charge in [0.25, 0.3) is 5.91 Å². The molecule has 11 heteroatoms. The van der Waals surface area contributed by atoms with E-state index in [0.29, 0.717) is 10.6 Å². The van der Waals surface area contributed by atoms with Crippen LogP contribution >= 0.6 is 22.9 Å². The van der Waals surface area contributed by atoms with Crippen molar-refractivity contribution in [1.29, 1.82) is 0 Å². The van der Waals surface area contributed by atoms with Crippen LogP contribution in [0.2, 0.25) is 5.02 Å². The van der Waals surface area contributed by atoms with E-state index in [2.05, 4.69) is 4.98 Å². The Labute approximate surface area is 154 Å². The summed E-state index contributed by atoms with van der Waals surface area (Å²) in [6.07, 6.45) is -6.66. The molecule has 0 saturated carbocycles. The van der Waals surface area contributed by atoms with Crippen LogP contribution < -0.4 is 5.73 Å². The molecule has 0 aliphatic carbocycles. The number of halogens is 4. The fourth-order valence-electron chi connectivity index (χ4n) is 2.48. The van der Waals surface area contributed by atoms with Gasteiger partial charge in [0.05, 0.1) is 6.54 Å². The number of amides is 2. The Morgan fingerprint density at radius 2 is 2.04 bits per heavy atom. The van der Waals surface area contributed by atoms with Crippen LogP contribution in [-0.4, -0.2) is 34.5 Å². The molecule has 1 aliphatic rings. The van der Waals surface area contributed by atoms with Gasteiger partial charge in [-0.2, -0.15) is 13.2 Å². The second kappa shape index (κ2) is 6.76. The van der Waals surface area contributed by atoms with E-state index < -0.39 is 36.0 Å². The van der Waals surface area contributed by atoms with Crippen LogP contribution in [0.1, 0.15) is 22.3 Å². The second-order valence-electron chi connectivity index (χ2n) is 5.45. The Balaban J connectivity index is 2.03. The molecule has 2 N–H and O–H groups in total. The van der Waals surface area contributed by atoms with Gasteiger partial charge in [0, 0.05) is 10.4 Å². The predicted octanol–water partition coefficient (Wildman–Crippen LogP) is 3.21. The SMILES string of the molecule is NC(=O)C1CN([C@@H](c2ccc(Cl)cc2)c2nc(C(F)(F)F)cs2)C(=O)O1. The summed E-state index contributed by atoms with van der Waals surface area (Å²) in [5.74, 6) is -0.842. The van der Waals surface area contributed by atoms with E-state index in [-0.39, 0.29) is 11.6 Å². The summed E-state index contributed by atoms with van der Waals surface area (Å²) in [5.41, 5.74) is 4.57. The average Bonchev–Trinajstić information content (AvgIpc) is 3.17. The van der Waals surface area contributed by atoms with E-state index in [9.17, 15) is 22.8 Å². The number of aromatic nitrogens is 1. The lowest BCUT2D eigenvalue weighted by Crippen LogP contribution is -2.34. The Hall–Kier alpha value is -2.33. The van der Waals surface area contributed by atoms with Crippen LogP contribution in [-0.2, 0) is 15.7 Å². The molecule has 2 atom stereocenters. The van der Waals surface area contributed by atoms with Crippen LogP contribution in [0.4, 0.5) is 18.0 Å². The van der Waals surface area contributed by atoms with Gasteiger partial charge >= 0.3 is 12.3 Å². The number of carbonyl (C=O) groups is 2. The monoisotopic (exact) mass is 405 g/mol. The Morgan fingerprint density at radius 3 is 2.54 bits per heavy atom. The molecular weight excluding hydrogens is 395 g/mol. The van der Waals surface area contributed by atoms with Gasteiger partial charge in [-0.3, -0.25) is 9.69 Å². The number of hydrogen-bond acceptors (Lipinski definition) is 5. The highest BCUT2D eigenvalue weighted by molar-refractivity contribution is 7.09. The van der Waals surface area contributed by atoms with Crippen molar-refractivity contribution in [2.24, 2.45) is 5.73 Å². The molecule has 1 fully saturated rings. The van der Waals surface area contributed by atoms with Crippen molar-refractivity contribution in [2.75, 3.05) is 6.54 Å². The Kier molecular flexibility index (Phi) is 4.80. The third-order valence-electron chi connectivity index (χ3n) is 3.70. The molecule has 1 aromatic carbocycles. The fraction of sp³-hybridized carbons (Fsp3) is 0.267. The van der Waals surface area contributed by atoms with Gasteiger partial charge in [-0.1, -0.05) is 23.7 Å². The summed E-state index contributed by atoms with van der Waals surface area (Å²) in [5, 5.41) is 1.31. The molecule has 0 spiro atoms. The molecule has 1 aliphatic heterocycles. The number of nitrogens with two attached hydrogens (primary N) is 1. The predicted molar refractivity (Wildman–Crippen MR) is 86.6 cm³/mol. The number of rotatable bonds is 4. The third-order valence-corrected chi connectivity index (χ3v) is 4.85. The van der Waals surface area contributed by atoms with E-state index in [1.807, 2.05) is 0 Å². The van der Waals surface area contributed by atoms with Crippen molar-refractivity contribution >= 4 is 34.9 Å². The molecule has 26 heavy (non-hydrogen) atoms. The molecule has 3 rings (SSSR count). The molecule has 0 bridgehead atoms. The zero-order valence-corrected chi connectivity index (χ0v) is 14.4. The molecule has 2 amide bonds. The minimum Gasteiger partial charge on any atom is -0.434 e. The summed E-state index contributed by atoms with van der Waals surface area (Å²) >= 11 is 6.60. The highest BCUT2D eigenvalue weighted by atomic mass is 35.5. The van der Waals surface area contributed by atoms with Crippen molar-refractivity contribution in [1.82, 2.24) is 9.88 Å². The van der Waals surface area contributed by atoms with Gasteiger partial charge in [-0.15, -0.1) is 11.3 Å². The first-order chi connectivity index (χ1) is 12.2. The molecule has 0 radical (unpaired) electrons. The van der Waals surface area contributed by atoms with Crippen molar-refractivity contribution in [3.05, 3.63) is 50.9 Å². The first-order valence-electron chi connectivity index (χ1n) is 7.21. The molecule has 2 aromatic rings. The summed E-state index contributed by atoms with van der Waals surface area (Å²) in [7, 11) is 0. The number of hydrogen-bond donors (Lipinski definition) is 1. The number of alkyl halides is 3. The summed E-state index contributed by atoms with van der Waals surface area (Å²) in [4.78, 5) is 28.2. The van der Waals surface area contributed by atoms with Gasteiger partial charge in [0.15, 0.2) is 11.8 Å². The molecular formula is C15H11ClF3N3O3S.